The summed E-state index contributed by atoms with van der Waals surface area (Å²) in [5.41, 5.74) is 0.466. The Morgan fingerprint density at radius 3 is 2.90 bits per heavy atom. The van der Waals surface area contributed by atoms with E-state index in [2.05, 4.69) is 10.4 Å². The maximum Gasteiger partial charge on any atom is 0.407 e. The fourth-order valence-corrected chi connectivity index (χ4v) is 4.28. The van der Waals surface area contributed by atoms with Gasteiger partial charge in [-0.15, -0.1) is 11.3 Å². The van der Waals surface area contributed by atoms with Gasteiger partial charge in [0.25, 0.3) is 0 Å². The Kier molecular flexibility index (Phi) is 6.95. The van der Waals surface area contributed by atoms with Gasteiger partial charge in [-0.2, -0.15) is 5.10 Å². The molecule has 160 valence electrons. The lowest BCUT2D eigenvalue weighted by molar-refractivity contribution is -0.0366. The van der Waals surface area contributed by atoms with Gasteiger partial charge in [0, 0.05) is 19.6 Å². The van der Waals surface area contributed by atoms with Gasteiger partial charge in [0.1, 0.15) is 5.60 Å². The predicted octanol–water partition coefficient (Wildman–Crippen LogP) is 4.92. The number of nitrogens with zero attached hydrogens (tertiary/aromatic N) is 2. The third-order valence-corrected chi connectivity index (χ3v) is 5.95. The van der Waals surface area contributed by atoms with E-state index < -0.39 is 11.7 Å². The Bertz CT molecular complexity index is 846. The Labute approximate surface area is 175 Å². The molecule has 1 amide bonds. The lowest BCUT2D eigenvalue weighted by atomic mass is 10.0. The van der Waals surface area contributed by atoms with Crippen LogP contribution in [0, 0.1) is 5.92 Å². The van der Waals surface area contributed by atoms with Crippen molar-refractivity contribution in [3.8, 4) is 0 Å². The average Bonchev–Trinajstić information content (AvgIpc) is 3.24. The zero-order chi connectivity index (χ0) is 21.0. The zero-order valence-corrected chi connectivity index (χ0v) is 18.5. The second kappa shape index (κ2) is 9.26. The number of Topliss-reactive ketones (excluding diaryl/α,β-unsaturated/α-hetero) is 1. The van der Waals surface area contributed by atoms with Crippen LogP contribution < -0.4 is 5.32 Å². The molecule has 1 aliphatic rings. The molecule has 0 spiro atoms. The number of rotatable bonds is 7. The van der Waals surface area contributed by atoms with E-state index in [0.717, 1.165) is 41.0 Å². The maximum absolute atomic E-state index is 12.7. The van der Waals surface area contributed by atoms with Crippen molar-refractivity contribution >= 4 is 33.4 Å². The molecule has 2 unspecified atom stereocenters. The van der Waals surface area contributed by atoms with Gasteiger partial charge in [-0.25, -0.2) is 9.48 Å². The molecule has 7 nitrogen and oxygen atoms in total. The number of alkyl carbamates (subject to hydrolysis) is 1. The Balaban J connectivity index is 1.51. The highest BCUT2D eigenvalue weighted by Crippen LogP contribution is 2.31. The maximum atomic E-state index is 12.7. The molecule has 3 rings (SSSR count). The molecule has 0 radical (unpaired) electrons. The third kappa shape index (κ3) is 6.02. The highest BCUT2D eigenvalue weighted by atomic mass is 32.1. The number of carbonyl (C=O) groups excluding carboxylic acids is 2. The first-order valence-corrected chi connectivity index (χ1v) is 11.1. The number of hydrogen-bond donors (Lipinski definition) is 1. The number of hydrogen-bond acceptors (Lipinski definition) is 6. The van der Waals surface area contributed by atoms with Crippen LogP contribution in [0.4, 0.5) is 4.79 Å². The van der Waals surface area contributed by atoms with E-state index in [1.54, 1.807) is 0 Å². The van der Waals surface area contributed by atoms with E-state index in [-0.39, 0.29) is 17.9 Å². The molecule has 0 bridgehead atoms. The molecule has 2 atom stereocenters. The molecule has 2 aromatic heterocycles. The van der Waals surface area contributed by atoms with Gasteiger partial charge >= 0.3 is 6.09 Å². The van der Waals surface area contributed by atoms with Gasteiger partial charge in [-0.3, -0.25) is 4.79 Å². The van der Waals surface area contributed by atoms with Crippen molar-refractivity contribution in [2.45, 2.75) is 71.6 Å². The van der Waals surface area contributed by atoms with Crippen molar-refractivity contribution in [2.24, 2.45) is 5.92 Å². The van der Waals surface area contributed by atoms with Crippen molar-refractivity contribution in [3.63, 3.8) is 0 Å². The average molecular weight is 422 g/mol. The minimum Gasteiger partial charge on any atom is -0.444 e. The van der Waals surface area contributed by atoms with Gasteiger partial charge in [0.2, 0.25) is 0 Å². The number of thiophene rings is 1. The fraction of sp³-hybridized carbons (Fsp3) is 0.667. The van der Waals surface area contributed by atoms with Gasteiger partial charge in [0.05, 0.1) is 21.3 Å². The predicted molar refractivity (Wildman–Crippen MR) is 113 cm³/mol. The van der Waals surface area contributed by atoms with Crippen LogP contribution in [0.25, 0.3) is 10.2 Å². The lowest BCUT2D eigenvalue weighted by Crippen LogP contribution is -2.34. The SMILES string of the molecule is CC(CCC(=O)c1cc2c(cnn2C2CCCCO2)s1)CNC(=O)OC(C)(C)C. The van der Waals surface area contributed by atoms with E-state index in [1.165, 1.54) is 11.3 Å². The molecular formula is C21H31N3O4S. The molecule has 1 aliphatic heterocycles. The van der Waals surface area contributed by atoms with Crippen LogP contribution in [0.15, 0.2) is 12.3 Å². The molecule has 0 aliphatic carbocycles. The summed E-state index contributed by atoms with van der Waals surface area (Å²) >= 11 is 1.49. The van der Waals surface area contributed by atoms with Crippen molar-refractivity contribution in [3.05, 3.63) is 17.1 Å². The first-order valence-electron chi connectivity index (χ1n) is 10.3. The quantitative estimate of drug-likeness (QED) is 0.642. The first-order chi connectivity index (χ1) is 13.7. The number of fused-ring (bicyclic) bond motifs is 1. The van der Waals surface area contributed by atoms with E-state index >= 15 is 0 Å². The summed E-state index contributed by atoms with van der Waals surface area (Å²) in [6.45, 7) is 8.77. The van der Waals surface area contributed by atoms with E-state index in [0.29, 0.717) is 19.4 Å². The van der Waals surface area contributed by atoms with Crippen molar-refractivity contribution < 1.29 is 19.1 Å². The summed E-state index contributed by atoms with van der Waals surface area (Å²) in [6, 6.07) is 1.94. The first kappa shape index (κ1) is 21.8. The van der Waals surface area contributed by atoms with E-state index in [1.807, 2.05) is 44.6 Å². The van der Waals surface area contributed by atoms with Gasteiger partial charge < -0.3 is 14.8 Å². The number of aromatic nitrogens is 2. The second-order valence-electron chi connectivity index (χ2n) is 8.72. The van der Waals surface area contributed by atoms with Crippen LogP contribution in [-0.4, -0.2) is 40.4 Å². The van der Waals surface area contributed by atoms with E-state index in [4.69, 9.17) is 9.47 Å². The van der Waals surface area contributed by atoms with Crippen molar-refractivity contribution in [2.75, 3.05) is 13.2 Å². The highest BCUT2D eigenvalue weighted by molar-refractivity contribution is 7.20. The lowest BCUT2D eigenvalue weighted by Gasteiger charge is -2.23. The van der Waals surface area contributed by atoms with Crippen molar-refractivity contribution in [1.29, 1.82) is 0 Å². The van der Waals surface area contributed by atoms with Gasteiger partial charge in [0.15, 0.2) is 12.0 Å². The standard InChI is InChI=1S/C21H31N3O4S/c1-14(12-22-20(26)28-21(2,3)4)8-9-16(25)17-11-15-18(29-17)13-23-24(15)19-7-5-6-10-27-19/h11,13-14,19H,5-10,12H2,1-4H3,(H,22,26). The number of amides is 1. The normalized spacial score (nSPS) is 18.6. The van der Waals surface area contributed by atoms with E-state index in [9.17, 15) is 9.59 Å². The molecule has 3 heterocycles. The molecule has 29 heavy (non-hydrogen) atoms. The van der Waals surface area contributed by atoms with Crippen molar-refractivity contribution in [1.82, 2.24) is 15.1 Å². The molecule has 0 saturated carbocycles. The smallest absolute Gasteiger partial charge is 0.407 e. The number of ether oxygens (including phenoxy) is 2. The molecule has 1 fully saturated rings. The monoisotopic (exact) mass is 421 g/mol. The molecule has 2 aromatic rings. The van der Waals surface area contributed by atoms with Crippen LogP contribution in [0.2, 0.25) is 0 Å². The molecule has 8 heteroatoms. The number of ketones is 1. The van der Waals surface area contributed by atoms with Crippen LogP contribution in [-0.2, 0) is 9.47 Å². The van der Waals surface area contributed by atoms with Crippen LogP contribution >= 0.6 is 11.3 Å². The minimum absolute atomic E-state index is 0.0299. The molecular weight excluding hydrogens is 390 g/mol. The summed E-state index contributed by atoms with van der Waals surface area (Å²) in [5.74, 6) is 0.318. The third-order valence-electron chi connectivity index (χ3n) is 4.85. The molecule has 0 aromatic carbocycles. The number of nitrogens with one attached hydrogen (secondary N) is 1. The largest absolute Gasteiger partial charge is 0.444 e. The summed E-state index contributed by atoms with van der Waals surface area (Å²) < 4.78 is 14.0. The van der Waals surface area contributed by atoms with Crippen LogP contribution in [0.5, 0.6) is 0 Å². The summed E-state index contributed by atoms with van der Waals surface area (Å²) in [4.78, 5) is 25.2. The number of carbonyl (C=O) groups is 2. The molecule has 1 saturated heterocycles. The topological polar surface area (TPSA) is 82.5 Å². The minimum atomic E-state index is -0.511. The van der Waals surface area contributed by atoms with Crippen LogP contribution in [0.1, 0.15) is 75.7 Å². The summed E-state index contributed by atoms with van der Waals surface area (Å²) in [5, 5.41) is 7.23. The summed E-state index contributed by atoms with van der Waals surface area (Å²) in [6.07, 6.45) is 5.72. The zero-order valence-electron chi connectivity index (χ0n) is 17.7. The second-order valence-corrected chi connectivity index (χ2v) is 9.80. The van der Waals surface area contributed by atoms with Crippen LogP contribution in [0.3, 0.4) is 0 Å². The Hall–Kier alpha value is -1.93. The Morgan fingerprint density at radius 1 is 1.41 bits per heavy atom. The Morgan fingerprint density at radius 2 is 2.21 bits per heavy atom. The van der Waals surface area contributed by atoms with Gasteiger partial charge in [-0.1, -0.05) is 6.92 Å². The fourth-order valence-electron chi connectivity index (χ4n) is 3.30. The molecule has 1 N–H and O–H groups in total. The summed E-state index contributed by atoms with van der Waals surface area (Å²) in [7, 11) is 0. The van der Waals surface area contributed by atoms with Gasteiger partial charge in [-0.05, 0) is 58.4 Å². The highest BCUT2D eigenvalue weighted by Gasteiger charge is 2.21.